The topological polar surface area (TPSA) is 28.7 Å². The molecule has 56 valence electrons. The van der Waals surface area contributed by atoms with E-state index in [2.05, 4.69) is 10.2 Å². The lowest BCUT2D eigenvalue weighted by Crippen LogP contribution is -1.79. The maximum absolute atomic E-state index is 12.9. The van der Waals surface area contributed by atoms with Gasteiger partial charge in [-0.2, -0.15) is 5.10 Å². The Balaban J connectivity index is 2.96. The Morgan fingerprint density at radius 2 is 2.27 bits per heavy atom. The van der Waals surface area contributed by atoms with Gasteiger partial charge in [-0.3, -0.25) is 5.10 Å². The summed E-state index contributed by atoms with van der Waals surface area (Å²) in [5, 5.41) is 7.21. The van der Waals surface area contributed by atoms with Crippen LogP contribution in [0.25, 0.3) is 10.9 Å². The van der Waals surface area contributed by atoms with Gasteiger partial charge in [-0.1, -0.05) is 6.07 Å². The first-order valence-corrected chi connectivity index (χ1v) is 3.37. The van der Waals surface area contributed by atoms with E-state index in [9.17, 15) is 4.39 Å². The van der Waals surface area contributed by atoms with Crippen molar-refractivity contribution in [3.8, 4) is 0 Å². The molecule has 0 aliphatic heterocycles. The zero-order valence-corrected chi connectivity index (χ0v) is 6.06. The second kappa shape index (κ2) is 2.05. The number of aromatic amines is 1. The molecule has 0 aliphatic carbocycles. The Morgan fingerprint density at radius 3 is 3.00 bits per heavy atom. The lowest BCUT2D eigenvalue weighted by molar-refractivity contribution is 0.636. The standard InChI is InChI=1S/C8H7FN2/c1-5-2-3-7(9)8-6(5)4-10-11-8/h2-4H,1H3,(H,10,11). The zero-order valence-electron chi connectivity index (χ0n) is 6.06. The first kappa shape index (κ1) is 6.34. The maximum atomic E-state index is 12.9. The molecule has 11 heavy (non-hydrogen) atoms. The number of fused-ring (bicyclic) bond motifs is 1. The average Bonchev–Trinajstić information content (AvgIpc) is 2.45. The summed E-state index contributed by atoms with van der Waals surface area (Å²) < 4.78 is 12.9. The van der Waals surface area contributed by atoms with Crippen LogP contribution in [0, 0.1) is 12.7 Å². The lowest BCUT2D eigenvalue weighted by atomic mass is 10.1. The van der Waals surface area contributed by atoms with E-state index in [4.69, 9.17) is 0 Å². The smallest absolute Gasteiger partial charge is 0.148 e. The number of halogens is 1. The van der Waals surface area contributed by atoms with Gasteiger partial charge in [-0.05, 0) is 18.6 Å². The van der Waals surface area contributed by atoms with Crippen molar-refractivity contribution < 1.29 is 4.39 Å². The van der Waals surface area contributed by atoms with E-state index in [0.717, 1.165) is 10.9 Å². The van der Waals surface area contributed by atoms with E-state index in [1.807, 2.05) is 6.92 Å². The van der Waals surface area contributed by atoms with Crippen LogP contribution >= 0.6 is 0 Å². The number of benzene rings is 1. The summed E-state index contributed by atoms with van der Waals surface area (Å²) in [7, 11) is 0. The fourth-order valence-corrected chi connectivity index (χ4v) is 1.14. The van der Waals surface area contributed by atoms with Crippen molar-refractivity contribution in [1.82, 2.24) is 10.2 Å². The van der Waals surface area contributed by atoms with Gasteiger partial charge in [0.2, 0.25) is 0 Å². The number of rotatable bonds is 0. The Hall–Kier alpha value is -1.38. The molecule has 0 aliphatic rings. The van der Waals surface area contributed by atoms with Crippen LogP contribution in [0.5, 0.6) is 0 Å². The summed E-state index contributed by atoms with van der Waals surface area (Å²) in [5.74, 6) is -0.247. The summed E-state index contributed by atoms with van der Waals surface area (Å²) in [6.07, 6.45) is 1.63. The normalized spacial score (nSPS) is 10.7. The highest BCUT2D eigenvalue weighted by atomic mass is 19.1. The van der Waals surface area contributed by atoms with Gasteiger partial charge in [-0.25, -0.2) is 4.39 Å². The average molecular weight is 150 g/mol. The minimum absolute atomic E-state index is 0.247. The van der Waals surface area contributed by atoms with E-state index in [0.29, 0.717) is 5.52 Å². The van der Waals surface area contributed by atoms with Crippen molar-refractivity contribution in [2.45, 2.75) is 6.92 Å². The second-order valence-corrected chi connectivity index (χ2v) is 2.52. The quantitative estimate of drug-likeness (QED) is 0.611. The summed E-state index contributed by atoms with van der Waals surface area (Å²) >= 11 is 0. The molecule has 0 amide bonds. The summed E-state index contributed by atoms with van der Waals surface area (Å²) in [6.45, 7) is 1.93. The van der Waals surface area contributed by atoms with Crippen molar-refractivity contribution >= 4 is 10.9 Å². The van der Waals surface area contributed by atoms with Gasteiger partial charge in [-0.15, -0.1) is 0 Å². The minimum Gasteiger partial charge on any atom is -0.275 e. The van der Waals surface area contributed by atoms with E-state index >= 15 is 0 Å². The molecular weight excluding hydrogens is 143 g/mol. The number of H-pyrrole nitrogens is 1. The molecule has 0 saturated carbocycles. The van der Waals surface area contributed by atoms with E-state index in [1.165, 1.54) is 6.07 Å². The van der Waals surface area contributed by atoms with Gasteiger partial charge >= 0.3 is 0 Å². The Bertz CT molecular complexity index is 356. The van der Waals surface area contributed by atoms with Crippen LogP contribution < -0.4 is 0 Å². The second-order valence-electron chi connectivity index (χ2n) is 2.52. The molecule has 0 unspecified atom stereocenters. The minimum atomic E-state index is -0.247. The van der Waals surface area contributed by atoms with E-state index in [-0.39, 0.29) is 5.82 Å². The molecule has 0 radical (unpaired) electrons. The molecule has 0 bridgehead atoms. The molecule has 1 aromatic heterocycles. The summed E-state index contributed by atoms with van der Waals surface area (Å²) in [4.78, 5) is 0. The molecule has 2 rings (SSSR count). The van der Waals surface area contributed by atoms with Crippen molar-refractivity contribution in [2.75, 3.05) is 0 Å². The highest BCUT2D eigenvalue weighted by molar-refractivity contribution is 5.81. The monoisotopic (exact) mass is 150 g/mol. The molecule has 2 nitrogen and oxygen atoms in total. The van der Waals surface area contributed by atoms with Crippen LogP contribution in [-0.2, 0) is 0 Å². The first-order chi connectivity index (χ1) is 5.29. The van der Waals surface area contributed by atoms with E-state index in [1.54, 1.807) is 12.3 Å². The van der Waals surface area contributed by atoms with Crippen LogP contribution in [0.4, 0.5) is 4.39 Å². The molecule has 0 spiro atoms. The zero-order chi connectivity index (χ0) is 7.84. The maximum Gasteiger partial charge on any atom is 0.148 e. The molecule has 1 N–H and O–H groups in total. The van der Waals surface area contributed by atoms with Crippen LogP contribution in [-0.4, -0.2) is 10.2 Å². The Morgan fingerprint density at radius 1 is 1.45 bits per heavy atom. The largest absolute Gasteiger partial charge is 0.275 e. The van der Waals surface area contributed by atoms with Gasteiger partial charge in [0.05, 0.1) is 6.20 Å². The molecule has 2 aromatic rings. The van der Waals surface area contributed by atoms with Crippen LogP contribution in [0.1, 0.15) is 5.56 Å². The van der Waals surface area contributed by atoms with Crippen LogP contribution in [0.3, 0.4) is 0 Å². The van der Waals surface area contributed by atoms with Gasteiger partial charge < -0.3 is 0 Å². The summed E-state index contributed by atoms with van der Waals surface area (Å²) in [5.41, 5.74) is 1.53. The van der Waals surface area contributed by atoms with Crippen molar-refractivity contribution in [1.29, 1.82) is 0 Å². The third kappa shape index (κ3) is 0.808. The van der Waals surface area contributed by atoms with Crippen LogP contribution in [0.15, 0.2) is 18.3 Å². The van der Waals surface area contributed by atoms with E-state index < -0.39 is 0 Å². The molecule has 0 saturated heterocycles. The van der Waals surface area contributed by atoms with Crippen molar-refractivity contribution in [2.24, 2.45) is 0 Å². The van der Waals surface area contributed by atoms with Gasteiger partial charge in [0.15, 0.2) is 0 Å². The SMILES string of the molecule is Cc1ccc(F)c2[nH]ncc12. The number of aryl methyl sites for hydroxylation is 1. The summed E-state index contributed by atoms with van der Waals surface area (Å²) in [6, 6.07) is 3.18. The number of aromatic nitrogens is 2. The molecular formula is C8H7FN2. The molecule has 3 heteroatoms. The fraction of sp³-hybridized carbons (Fsp3) is 0.125. The van der Waals surface area contributed by atoms with Crippen molar-refractivity contribution in [3.05, 3.63) is 29.7 Å². The van der Waals surface area contributed by atoms with Gasteiger partial charge in [0.1, 0.15) is 11.3 Å². The number of hydrogen-bond acceptors (Lipinski definition) is 1. The number of nitrogens with zero attached hydrogens (tertiary/aromatic N) is 1. The first-order valence-electron chi connectivity index (χ1n) is 3.37. The van der Waals surface area contributed by atoms with Gasteiger partial charge in [0.25, 0.3) is 0 Å². The predicted molar refractivity (Wildman–Crippen MR) is 40.8 cm³/mol. The highest BCUT2D eigenvalue weighted by Crippen LogP contribution is 2.17. The predicted octanol–water partition coefficient (Wildman–Crippen LogP) is 2.01. The molecule has 0 fully saturated rings. The Labute approximate surface area is 63.0 Å². The van der Waals surface area contributed by atoms with Crippen molar-refractivity contribution in [3.63, 3.8) is 0 Å². The van der Waals surface area contributed by atoms with Gasteiger partial charge in [0, 0.05) is 5.39 Å². The fourth-order valence-electron chi connectivity index (χ4n) is 1.14. The highest BCUT2D eigenvalue weighted by Gasteiger charge is 2.03. The molecule has 1 heterocycles. The molecule has 0 atom stereocenters. The Kier molecular flexibility index (Phi) is 1.18. The molecule has 1 aromatic carbocycles. The van der Waals surface area contributed by atoms with Crippen LogP contribution in [0.2, 0.25) is 0 Å². The lowest BCUT2D eigenvalue weighted by Gasteiger charge is -1.94. The third-order valence-electron chi connectivity index (χ3n) is 1.78. The number of nitrogens with one attached hydrogen (secondary N) is 1. The third-order valence-corrected chi connectivity index (χ3v) is 1.78. The number of hydrogen-bond donors (Lipinski definition) is 1.